The summed E-state index contributed by atoms with van der Waals surface area (Å²) in [6, 6.07) is 7.19. The van der Waals surface area contributed by atoms with E-state index in [0.29, 0.717) is 12.8 Å². The first-order chi connectivity index (χ1) is 13.4. The van der Waals surface area contributed by atoms with Gasteiger partial charge in [0.15, 0.2) is 6.04 Å². The first-order valence-electron chi connectivity index (χ1n) is 9.18. The third-order valence-electron chi connectivity index (χ3n) is 4.33. The summed E-state index contributed by atoms with van der Waals surface area (Å²) in [4.78, 5) is 40.5. The molecule has 0 unspecified atom stereocenters. The Balaban J connectivity index is 2.38. The zero-order valence-corrected chi connectivity index (χ0v) is 16.1. The summed E-state index contributed by atoms with van der Waals surface area (Å²) in [7, 11) is 0. The van der Waals surface area contributed by atoms with Gasteiger partial charge in [0.05, 0.1) is 6.54 Å². The van der Waals surface area contributed by atoms with Gasteiger partial charge in [-0.25, -0.2) is 9.80 Å². The van der Waals surface area contributed by atoms with E-state index in [1.54, 1.807) is 12.4 Å². The quantitative estimate of drug-likeness (QED) is 0.593. The van der Waals surface area contributed by atoms with Crippen molar-refractivity contribution in [2.75, 3.05) is 6.54 Å². The van der Waals surface area contributed by atoms with Crippen molar-refractivity contribution in [2.45, 2.75) is 38.8 Å². The fraction of sp³-hybridized carbons (Fsp3) is 0.400. The molecule has 0 aromatic heterocycles. The number of hydrogen-bond donors (Lipinski definition) is 2. The Labute approximate surface area is 164 Å². The summed E-state index contributed by atoms with van der Waals surface area (Å²) in [5, 5.41) is 15.2. The van der Waals surface area contributed by atoms with Gasteiger partial charge in [0.1, 0.15) is 6.04 Å². The number of aliphatic imine (C=N–C) groups is 1. The van der Waals surface area contributed by atoms with Gasteiger partial charge in [0.2, 0.25) is 6.41 Å². The lowest BCUT2D eigenvalue weighted by atomic mass is 10.0. The topological polar surface area (TPSA) is 102 Å². The molecule has 8 heteroatoms. The highest BCUT2D eigenvalue weighted by atomic mass is 16.4. The molecule has 1 aliphatic rings. The molecule has 0 saturated carbocycles. The average Bonchev–Trinajstić information content (AvgIpc) is 2.68. The number of amides is 2. The van der Waals surface area contributed by atoms with E-state index >= 15 is 0 Å². The fourth-order valence-corrected chi connectivity index (χ4v) is 3.06. The maximum atomic E-state index is 13.3. The van der Waals surface area contributed by atoms with Crippen LogP contribution in [0.3, 0.4) is 0 Å². The van der Waals surface area contributed by atoms with E-state index in [1.807, 2.05) is 44.2 Å². The summed E-state index contributed by atoms with van der Waals surface area (Å²) < 4.78 is 0. The molecule has 1 aromatic carbocycles. The second-order valence-electron chi connectivity index (χ2n) is 6.95. The second-order valence-corrected chi connectivity index (χ2v) is 6.95. The second kappa shape index (κ2) is 10.2. The summed E-state index contributed by atoms with van der Waals surface area (Å²) in [6.45, 7) is 4.13. The monoisotopic (exact) mass is 386 g/mol. The van der Waals surface area contributed by atoms with Crippen LogP contribution in [-0.2, 0) is 20.8 Å². The number of hydrazine groups is 1. The molecule has 0 bridgehead atoms. The van der Waals surface area contributed by atoms with Crippen LogP contribution in [0.4, 0.5) is 0 Å². The number of hydrogen-bond acceptors (Lipinski definition) is 5. The SMILES string of the molecule is CC(C)C[C@H](NC=O)C(=O)N([C@@H](Cc1ccccc1)C(=O)O)N1C=CN=CC1. The summed E-state index contributed by atoms with van der Waals surface area (Å²) in [6.07, 6.45) is 5.66. The lowest BCUT2D eigenvalue weighted by Gasteiger charge is -2.40. The van der Waals surface area contributed by atoms with Crippen molar-refractivity contribution in [3.05, 3.63) is 48.3 Å². The molecule has 2 rings (SSSR count). The van der Waals surface area contributed by atoms with Gasteiger partial charge in [-0.3, -0.25) is 19.6 Å². The Morgan fingerprint density at radius 1 is 1.32 bits per heavy atom. The molecule has 2 N–H and O–H groups in total. The number of carbonyl (C=O) groups excluding carboxylic acids is 2. The van der Waals surface area contributed by atoms with E-state index in [9.17, 15) is 19.5 Å². The third-order valence-corrected chi connectivity index (χ3v) is 4.33. The van der Waals surface area contributed by atoms with Gasteiger partial charge in [-0.1, -0.05) is 44.2 Å². The number of carboxylic acids is 1. The van der Waals surface area contributed by atoms with Crippen LogP contribution in [0.2, 0.25) is 0 Å². The molecule has 0 fully saturated rings. The first-order valence-corrected chi connectivity index (χ1v) is 9.18. The number of nitrogens with zero attached hydrogens (tertiary/aromatic N) is 3. The molecule has 1 heterocycles. The van der Waals surface area contributed by atoms with Crippen molar-refractivity contribution in [3.63, 3.8) is 0 Å². The van der Waals surface area contributed by atoms with Crippen LogP contribution in [0.5, 0.6) is 0 Å². The molecule has 0 spiro atoms. The Morgan fingerprint density at radius 2 is 2.04 bits per heavy atom. The number of benzene rings is 1. The normalized spacial score (nSPS) is 15.2. The lowest BCUT2D eigenvalue weighted by molar-refractivity contribution is -0.164. The van der Waals surface area contributed by atoms with Gasteiger partial charge in [-0.05, 0) is 17.9 Å². The van der Waals surface area contributed by atoms with Crippen molar-refractivity contribution in [1.82, 2.24) is 15.3 Å². The van der Waals surface area contributed by atoms with Crippen LogP contribution in [0.25, 0.3) is 0 Å². The summed E-state index contributed by atoms with van der Waals surface area (Å²) >= 11 is 0. The minimum absolute atomic E-state index is 0.138. The zero-order valence-electron chi connectivity index (χ0n) is 16.1. The predicted molar refractivity (Wildman–Crippen MR) is 105 cm³/mol. The Bertz CT molecular complexity index is 733. The van der Waals surface area contributed by atoms with Gasteiger partial charge in [-0.2, -0.15) is 0 Å². The predicted octanol–water partition coefficient (Wildman–Crippen LogP) is 1.44. The van der Waals surface area contributed by atoms with Crippen molar-refractivity contribution in [1.29, 1.82) is 0 Å². The van der Waals surface area contributed by atoms with Crippen LogP contribution >= 0.6 is 0 Å². The molecular formula is C20H26N4O4. The highest BCUT2D eigenvalue weighted by molar-refractivity contribution is 5.88. The minimum Gasteiger partial charge on any atom is -0.480 e. The molecule has 8 nitrogen and oxygen atoms in total. The van der Waals surface area contributed by atoms with Gasteiger partial charge in [0.25, 0.3) is 5.91 Å². The van der Waals surface area contributed by atoms with Crippen molar-refractivity contribution < 1.29 is 19.5 Å². The highest BCUT2D eigenvalue weighted by Gasteiger charge is 2.37. The first kappa shape index (κ1) is 21.1. The van der Waals surface area contributed by atoms with Gasteiger partial charge in [0, 0.05) is 25.0 Å². The molecule has 0 saturated heterocycles. The largest absolute Gasteiger partial charge is 0.480 e. The summed E-state index contributed by atoms with van der Waals surface area (Å²) in [5.41, 5.74) is 0.797. The van der Waals surface area contributed by atoms with Crippen LogP contribution < -0.4 is 5.32 Å². The molecule has 0 aliphatic carbocycles. The van der Waals surface area contributed by atoms with Gasteiger partial charge < -0.3 is 10.4 Å². The molecular weight excluding hydrogens is 360 g/mol. The summed E-state index contributed by atoms with van der Waals surface area (Å²) in [5.74, 6) is -1.45. The van der Waals surface area contributed by atoms with E-state index in [2.05, 4.69) is 10.3 Å². The number of carboxylic acid groups (broad SMARTS) is 1. The minimum atomic E-state index is -1.13. The van der Waals surface area contributed by atoms with Crippen LogP contribution in [0.15, 0.2) is 47.7 Å². The van der Waals surface area contributed by atoms with Crippen molar-refractivity contribution in [2.24, 2.45) is 10.9 Å². The van der Waals surface area contributed by atoms with Crippen molar-refractivity contribution in [3.8, 4) is 0 Å². The van der Waals surface area contributed by atoms with Crippen LogP contribution in [0.1, 0.15) is 25.8 Å². The molecule has 2 amide bonds. The fourth-order valence-electron chi connectivity index (χ4n) is 3.06. The van der Waals surface area contributed by atoms with E-state index < -0.39 is 24.0 Å². The number of rotatable bonds is 10. The molecule has 2 atom stereocenters. The van der Waals surface area contributed by atoms with Crippen LogP contribution in [-0.4, -0.2) is 58.3 Å². The molecule has 150 valence electrons. The smallest absolute Gasteiger partial charge is 0.328 e. The third kappa shape index (κ3) is 5.67. The Kier molecular flexibility index (Phi) is 7.74. The van der Waals surface area contributed by atoms with Crippen LogP contribution in [0, 0.1) is 5.92 Å². The number of nitrogens with one attached hydrogen (secondary N) is 1. The maximum Gasteiger partial charge on any atom is 0.328 e. The van der Waals surface area contributed by atoms with E-state index in [1.165, 1.54) is 16.2 Å². The highest BCUT2D eigenvalue weighted by Crippen LogP contribution is 2.18. The molecule has 1 aliphatic heterocycles. The molecule has 28 heavy (non-hydrogen) atoms. The van der Waals surface area contributed by atoms with Crippen molar-refractivity contribution >= 4 is 24.5 Å². The Hall–Kier alpha value is -3.16. The molecule has 0 radical (unpaired) electrons. The van der Waals surface area contributed by atoms with E-state index in [4.69, 9.17) is 0 Å². The maximum absolute atomic E-state index is 13.3. The lowest BCUT2D eigenvalue weighted by Crippen LogP contribution is -2.59. The van der Waals surface area contributed by atoms with E-state index in [0.717, 1.165) is 5.56 Å². The zero-order chi connectivity index (χ0) is 20.5. The van der Waals surface area contributed by atoms with Gasteiger partial charge in [-0.15, -0.1) is 0 Å². The van der Waals surface area contributed by atoms with Gasteiger partial charge >= 0.3 is 5.97 Å². The molecule has 1 aromatic rings. The standard InChI is InChI=1S/C20H26N4O4/c1-15(2)12-17(22-14-25)19(26)24(23-10-8-21-9-11-23)18(20(27)28)13-16-6-4-3-5-7-16/h3-10,14-15,17-18H,11-13H2,1-2H3,(H,22,25)(H,27,28)/t17-,18-/m0/s1. The average molecular weight is 386 g/mol. The van der Waals surface area contributed by atoms with E-state index in [-0.39, 0.29) is 18.9 Å². The number of aliphatic carboxylic acids is 1. The Morgan fingerprint density at radius 3 is 2.57 bits per heavy atom. The number of carbonyl (C=O) groups is 3.